The van der Waals surface area contributed by atoms with Gasteiger partial charge in [0, 0.05) is 23.7 Å². The van der Waals surface area contributed by atoms with Crippen molar-refractivity contribution in [2.24, 2.45) is 0 Å². The second-order valence-corrected chi connectivity index (χ2v) is 3.52. The zero-order valence-electron chi connectivity index (χ0n) is 9.08. The van der Waals surface area contributed by atoms with E-state index in [0.717, 1.165) is 11.3 Å². The molecule has 2 heterocycles. The highest BCUT2D eigenvalue weighted by Crippen LogP contribution is 2.20. The minimum absolute atomic E-state index is 0.229. The van der Waals surface area contributed by atoms with Gasteiger partial charge in [-0.3, -0.25) is 0 Å². The van der Waals surface area contributed by atoms with Gasteiger partial charge in [-0.25, -0.2) is 19.7 Å². The molecule has 0 unspecified atom stereocenters. The third-order valence-corrected chi connectivity index (χ3v) is 2.15. The maximum absolute atomic E-state index is 10.6. The van der Waals surface area contributed by atoms with Crippen LogP contribution in [0.5, 0.6) is 0 Å². The highest BCUT2D eigenvalue weighted by Gasteiger charge is 2.07. The SMILES string of the molecule is Cc1cc(-c2cnc(C(=O)O)nc2)cc(N)n1. The number of hydrogen-bond acceptors (Lipinski definition) is 5. The minimum Gasteiger partial charge on any atom is -0.475 e. The van der Waals surface area contributed by atoms with Crippen LogP contribution >= 0.6 is 0 Å². The smallest absolute Gasteiger partial charge is 0.373 e. The van der Waals surface area contributed by atoms with Gasteiger partial charge in [-0.15, -0.1) is 0 Å². The number of rotatable bonds is 2. The topological polar surface area (TPSA) is 102 Å². The molecule has 2 rings (SSSR count). The first-order chi connectivity index (χ1) is 8.06. The first-order valence-corrected chi connectivity index (χ1v) is 4.86. The summed E-state index contributed by atoms with van der Waals surface area (Å²) >= 11 is 0. The van der Waals surface area contributed by atoms with Crippen LogP contribution in [-0.2, 0) is 0 Å². The molecule has 2 aromatic rings. The molecule has 0 aliphatic rings. The van der Waals surface area contributed by atoms with Gasteiger partial charge in [-0.05, 0) is 24.6 Å². The third kappa shape index (κ3) is 2.36. The number of hydrogen-bond donors (Lipinski definition) is 2. The molecule has 86 valence electrons. The van der Waals surface area contributed by atoms with Gasteiger partial charge in [0.1, 0.15) is 5.82 Å². The Morgan fingerprint density at radius 3 is 2.41 bits per heavy atom. The highest BCUT2D eigenvalue weighted by atomic mass is 16.4. The first-order valence-electron chi connectivity index (χ1n) is 4.86. The van der Waals surface area contributed by atoms with Crippen molar-refractivity contribution in [3.05, 3.63) is 36.0 Å². The number of pyridine rings is 1. The summed E-state index contributed by atoms with van der Waals surface area (Å²) in [6.45, 7) is 1.83. The Bertz CT molecular complexity index is 546. The number of aromatic nitrogens is 3. The van der Waals surface area contributed by atoms with Crippen LogP contribution in [0.25, 0.3) is 11.1 Å². The van der Waals surface area contributed by atoms with Gasteiger partial charge in [0.25, 0.3) is 0 Å². The normalized spacial score (nSPS) is 10.2. The standard InChI is InChI=1S/C11H10N4O2/c1-6-2-7(3-9(12)15-6)8-4-13-10(11(16)17)14-5-8/h2-5H,1H3,(H2,12,15)(H,16,17). The lowest BCUT2D eigenvalue weighted by Crippen LogP contribution is -2.03. The van der Waals surface area contributed by atoms with Gasteiger partial charge < -0.3 is 10.8 Å². The van der Waals surface area contributed by atoms with E-state index in [1.165, 1.54) is 12.4 Å². The molecule has 17 heavy (non-hydrogen) atoms. The molecule has 6 nitrogen and oxygen atoms in total. The molecular weight excluding hydrogens is 220 g/mol. The van der Waals surface area contributed by atoms with Crippen molar-refractivity contribution >= 4 is 11.8 Å². The number of nitrogens with zero attached hydrogens (tertiary/aromatic N) is 3. The van der Waals surface area contributed by atoms with Gasteiger partial charge in [-0.2, -0.15) is 0 Å². The summed E-state index contributed by atoms with van der Waals surface area (Å²) < 4.78 is 0. The number of nitrogen functional groups attached to an aromatic ring is 1. The van der Waals surface area contributed by atoms with E-state index in [-0.39, 0.29) is 5.82 Å². The maximum atomic E-state index is 10.6. The number of anilines is 1. The quantitative estimate of drug-likeness (QED) is 0.801. The van der Waals surface area contributed by atoms with Crippen molar-refractivity contribution in [3.8, 4) is 11.1 Å². The van der Waals surface area contributed by atoms with E-state index >= 15 is 0 Å². The van der Waals surface area contributed by atoms with Crippen molar-refractivity contribution in [1.29, 1.82) is 0 Å². The van der Waals surface area contributed by atoms with Crippen molar-refractivity contribution in [2.45, 2.75) is 6.92 Å². The fourth-order valence-electron chi connectivity index (χ4n) is 1.45. The van der Waals surface area contributed by atoms with Gasteiger partial charge in [0.15, 0.2) is 0 Å². The lowest BCUT2D eigenvalue weighted by atomic mass is 10.1. The van der Waals surface area contributed by atoms with Crippen molar-refractivity contribution in [1.82, 2.24) is 15.0 Å². The summed E-state index contributed by atoms with van der Waals surface area (Å²) in [5.74, 6) is -0.975. The number of aryl methyl sites for hydroxylation is 1. The van der Waals surface area contributed by atoms with Crippen molar-refractivity contribution in [2.75, 3.05) is 5.73 Å². The van der Waals surface area contributed by atoms with Gasteiger partial charge in [0.05, 0.1) is 0 Å². The van der Waals surface area contributed by atoms with E-state index in [1.54, 1.807) is 6.07 Å². The predicted octanol–water partition coefficient (Wildman–Crippen LogP) is 1.13. The Balaban J connectivity index is 2.43. The van der Waals surface area contributed by atoms with Crippen molar-refractivity contribution in [3.63, 3.8) is 0 Å². The van der Waals surface area contributed by atoms with Crippen LogP contribution in [0.1, 0.15) is 16.3 Å². The second-order valence-electron chi connectivity index (χ2n) is 3.52. The Morgan fingerprint density at radius 2 is 1.88 bits per heavy atom. The molecule has 0 saturated heterocycles. The molecule has 2 aromatic heterocycles. The lowest BCUT2D eigenvalue weighted by Gasteiger charge is -2.03. The van der Waals surface area contributed by atoms with E-state index < -0.39 is 5.97 Å². The van der Waals surface area contributed by atoms with Crippen molar-refractivity contribution < 1.29 is 9.90 Å². The lowest BCUT2D eigenvalue weighted by molar-refractivity contribution is 0.0683. The molecule has 0 amide bonds. The second kappa shape index (κ2) is 4.17. The van der Waals surface area contributed by atoms with E-state index in [2.05, 4.69) is 15.0 Å². The molecule has 0 aromatic carbocycles. The fourth-order valence-corrected chi connectivity index (χ4v) is 1.45. The summed E-state index contributed by atoms with van der Waals surface area (Å²) in [6.07, 6.45) is 2.90. The van der Waals surface area contributed by atoms with E-state index in [9.17, 15) is 4.79 Å². The van der Waals surface area contributed by atoms with Crippen LogP contribution in [0.15, 0.2) is 24.5 Å². The minimum atomic E-state index is -1.15. The molecule has 0 atom stereocenters. The molecule has 3 N–H and O–H groups in total. The van der Waals surface area contributed by atoms with Crippen LogP contribution < -0.4 is 5.73 Å². The molecule has 0 radical (unpaired) electrons. The Kier molecular flexibility index (Phi) is 2.70. The molecular formula is C11H10N4O2. The predicted molar refractivity (Wildman–Crippen MR) is 61.4 cm³/mol. The molecule has 0 saturated carbocycles. The molecule has 0 spiro atoms. The summed E-state index contributed by atoms with van der Waals surface area (Å²) in [6, 6.07) is 3.52. The summed E-state index contributed by atoms with van der Waals surface area (Å²) in [4.78, 5) is 22.1. The largest absolute Gasteiger partial charge is 0.475 e. The molecule has 0 fully saturated rings. The summed E-state index contributed by atoms with van der Waals surface area (Å²) in [5, 5.41) is 8.68. The monoisotopic (exact) mass is 230 g/mol. The Hall–Kier alpha value is -2.50. The van der Waals surface area contributed by atoms with Crippen LogP contribution in [0.4, 0.5) is 5.82 Å². The van der Waals surface area contributed by atoms with Crippen LogP contribution in [0.2, 0.25) is 0 Å². The third-order valence-electron chi connectivity index (χ3n) is 2.15. The Labute approximate surface area is 97.2 Å². The number of nitrogens with two attached hydrogens (primary N) is 1. The van der Waals surface area contributed by atoms with Crippen LogP contribution in [0, 0.1) is 6.92 Å². The van der Waals surface area contributed by atoms with E-state index in [1.807, 2.05) is 13.0 Å². The average Bonchev–Trinajstić information content (AvgIpc) is 2.28. The fraction of sp³-hybridized carbons (Fsp3) is 0.0909. The zero-order valence-corrected chi connectivity index (χ0v) is 9.08. The highest BCUT2D eigenvalue weighted by molar-refractivity contribution is 5.83. The first kappa shape index (κ1) is 11.0. The van der Waals surface area contributed by atoms with E-state index in [0.29, 0.717) is 11.4 Å². The number of carbonyl (C=O) groups is 1. The van der Waals surface area contributed by atoms with Gasteiger partial charge in [0.2, 0.25) is 5.82 Å². The molecule has 0 aliphatic heterocycles. The molecule has 0 bridgehead atoms. The number of aromatic carboxylic acids is 1. The summed E-state index contributed by atoms with van der Waals surface area (Å²) in [7, 11) is 0. The molecule has 0 aliphatic carbocycles. The summed E-state index contributed by atoms with van der Waals surface area (Å²) in [5.41, 5.74) is 7.92. The zero-order chi connectivity index (χ0) is 12.4. The van der Waals surface area contributed by atoms with Gasteiger partial charge in [-0.1, -0.05) is 0 Å². The van der Waals surface area contributed by atoms with Crippen LogP contribution in [0.3, 0.4) is 0 Å². The molecule has 6 heteroatoms. The van der Waals surface area contributed by atoms with Crippen LogP contribution in [-0.4, -0.2) is 26.0 Å². The van der Waals surface area contributed by atoms with E-state index in [4.69, 9.17) is 10.8 Å². The van der Waals surface area contributed by atoms with Gasteiger partial charge >= 0.3 is 5.97 Å². The Morgan fingerprint density at radius 1 is 1.24 bits per heavy atom. The maximum Gasteiger partial charge on any atom is 0.373 e. The average molecular weight is 230 g/mol. The number of carboxylic acids is 1. The number of carboxylic acid groups (broad SMARTS) is 1.